The van der Waals surface area contributed by atoms with Gasteiger partial charge in [0.05, 0.1) is 30.7 Å². The predicted molar refractivity (Wildman–Crippen MR) is 165 cm³/mol. The molecule has 1 aromatic heterocycles. The summed E-state index contributed by atoms with van der Waals surface area (Å²) in [6.07, 6.45) is 5.72. The van der Waals surface area contributed by atoms with Gasteiger partial charge in [-0.1, -0.05) is 32.6 Å². The lowest BCUT2D eigenvalue weighted by Gasteiger charge is -2.34. The number of hydrogen-bond acceptors (Lipinski definition) is 8. The number of nitrogens with zero attached hydrogens (tertiary/aromatic N) is 3. The Hall–Kier alpha value is -3.57. The SMILES string of the molecule is CC[C@@H]1[C@@H]2CN(C(=O)[C@H](C3CCCCC3)NC(=O)O[C@]3(C)C[C@H]3CCCCC(F)(F)c3nc4ccc(OC)cc4nc3O2)[C@@H]1C=O. The summed E-state index contributed by atoms with van der Waals surface area (Å²) in [5.74, 6) is -4.10. The lowest BCUT2D eigenvalue weighted by molar-refractivity contribution is -0.138. The third kappa shape index (κ3) is 6.36. The maximum Gasteiger partial charge on any atom is 0.408 e. The Balaban J connectivity index is 1.40. The van der Waals surface area contributed by atoms with E-state index in [2.05, 4.69) is 15.3 Å². The van der Waals surface area contributed by atoms with Crippen LogP contribution < -0.4 is 14.8 Å². The van der Waals surface area contributed by atoms with Gasteiger partial charge in [0.15, 0.2) is 5.69 Å². The standard InChI is InChI=1S/C34H44F2N4O6/c1-4-23-26(19-41)40-18-27(23)45-30-29(37-24-14-13-22(44-3)16-25(24)38-30)34(35,36)15-9-8-12-21-17-33(21,2)46-32(43)39-28(31(40)42)20-10-6-5-7-11-20/h13-14,16,19-21,23,26-28H,4-12,15,17-18H2,1-3H3,(H,39,43)/t21-,23+,26-,27+,28+,33-/m1/s1. The van der Waals surface area contributed by atoms with Gasteiger partial charge in [-0.05, 0) is 63.5 Å². The fourth-order valence-electron chi connectivity index (χ4n) is 7.77. The fraction of sp³-hybridized carbons (Fsp3) is 0.676. The van der Waals surface area contributed by atoms with Gasteiger partial charge in [0, 0.05) is 24.3 Å². The van der Waals surface area contributed by atoms with Gasteiger partial charge in [0.1, 0.15) is 29.8 Å². The number of nitrogens with one attached hydrogen (secondary N) is 1. The van der Waals surface area contributed by atoms with Crippen LogP contribution in [0.1, 0.15) is 90.2 Å². The summed E-state index contributed by atoms with van der Waals surface area (Å²) in [7, 11) is 1.50. The van der Waals surface area contributed by atoms with E-state index in [0.29, 0.717) is 36.9 Å². The molecular weight excluding hydrogens is 598 g/mol. The number of amides is 2. The molecule has 6 atom stereocenters. The smallest absolute Gasteiger partial charge is 0.408 e. The van der Waals surface area contributed by atoms with Crippen LogP contribution >= 0.6 is 0 Å². The van der Waals surface area contributed by atoms with E-state index in [1.165, 1.54) is 12.0 Å². The third-order valence-corrected chi connectivity index (χ3v) is 10.6. The van der Waals surface area contributed by atoms with Gasteiger partial charge in [-0.2, -0.15) is 8.78 Å². The number of aldehydes is 1. The molecule has 12 heteroatoms. The van der Waals surface area contributed by atoms with Crippen LogP contribution in [0.3, 0.4) is 0 Å². The van der Waals surface area contributed by atoms with Gasteiger partial charge in [0.2, 0.25) is 11.8 Å². The normalized spacial score (nSPS) is 32.2. The topological polar surface area (TPSA) is 120 Å². The summed E-state index contributed by atoms with van der Waals surface area (Å²) in [6, 6.07) is 3.10. The zero-order valence-corrected chi connectivity index (χ0v) is 26.8. The van der Waals surface area contributed by atoms with Crippen LogP contribution in [0.2, 0.25) is 0 Å². The molecule has 2 aromatic rings. The molecule has 1 aromatic carbocycles. The van der Waals surface area contributed by atoms with Crippen LogP contribution in [0, 0.1) is 17.8 Å². The molecule has 1 N–H and O–H groups in total. The predicted octanol–water partition coefficient (Wildman–Crippen LogP) is 5.94. The van der Waals surface area contributed by atoms with Crippen molar-refractivity contribution in [2.24, 2.45) is 17.8 Å². The first kappa shape index (κ1) is 32.4. The number of rotatable bonds is 4. The second-order valence-electron chi connectivity index (χ2n) is 13.7. The lowest BCUT2D eigenvalue weighted by Crippen LogP contribution is -2.55. The average Bonchev–Trinajstić information content (AvgIpc) is 3.54. The van der Waals surface area contributed by atoms with E-state index in [-0.39, 0.29) is 42.1 Å². The van der Waals surface area contributed by atoms with Crippen molar-refractivity contribution in [3.63, 3.8) is 0 Å². The number of alkyl carbamates (subject to hydrolysis) is 1. The maximum atomic E-state index is 16.0. The molecule has 1 saturated heterocycles. The van der Waals surface area contributed by atoms with Crippen LogP contribution in [0.5, 0.6) is 11.6 Å². The number of alkyl halides is 2. The van der Waals surface area contributed by atoms with Crippen molar-refractivity contribution in [2.45, 2.75) is 114 Å². The van der Waals surface area contributed by atoms with Crippen molar-refractivity contribution in [2.75, 3.05) is 13.7 Å². The largest absolute Gasteiger partial charge is 0.497 e. The molecular formula is C34H44F2N4O6. The molecule has 2 aliphatic heterocycles. The van der Waals surface area contributed by atoms with Gasteiger partial charge in [-0.25, -0.2) is 14.8 Å². The van der Waals surface area contributed by atoms with E-state index < -0.39 is 53.8 Å². The van der Waals surface area contributed by atoms with E-state index >= 15 is 8.78 Å². The third-order valence-electron chi connectivity index (χ3n) is 10.6. The lowest BCUT2D eigenvalue weighted by atomic mass is 9.83. The second-order valence-corrected chi connectivity index (χ2v) is 13.7. The fourth-order valence-corrected chi connectivity index (χ4v) is 7.77. The summed E-state index contributed by atoms with van der Waals surface area (Å²) in [6.45, 7) is 3.70. The Kier molecular flexibility index (Phi) is 9.08. The van der Waals surface area contributed by atoms with Crippen molar-refractivity contribution >= 4 is 29.3 Å². The number of ether oxygens (including phenoxy) is 3. The number of carbonyl (C=O) groups excluding carboxylic acids is 3. The summed E-state index contributed by atoms with van der Waals surface area (Å²) in [5.41, 5.74) is -0.653. The highest BCUT2D eigenvalue weighted by Gasteiger charge is 2.54. The number of methoxy groups -OCH3 is 1. The Morgan fingerprint density at radius 2 is 1.85 bits per heavy atom. The van der Waals surface area contributed by atoms with Gasteiger partial charge < -0.3 is 29.2 Å². The molecule has 46 heavy (non-hydrogen) atoms. The van der Waals surface area contributed by atoms with Crippen LogP contribution in [-0.4, -0.2) is 70.6 Å². The second kappa shape index (κ2) is 12.9. The van der Waals surface area contributed by atoms with Crippen molar-refractivity contribution in [1.29, 1.82) is 0 Å². The number of benzene rings is 1. The molecule has 2 bridgehead atoms. The van der Waals surface area contributed by atoms with Crippen molar-refractivity contribution in [3.05, 3.63) is 23.9 Å². The summed E-state index contributed by atoms with van der Waals surface area (Å²) < 4.78 is 49.5. The van der Waals surface area contributed by atoms with E-state index in [1.807, 2.05) is 13.8 Å². The van der Waals surface area contributed by atoms with Gasteiger partial charge >= 0.3 is 6.09 Å². The Morgan fingerprint density at radius 1 is 1.09 bits per heavy atom. The Morgan fingerprint density at radius 3 is 2.57 bits per heavy atom. The molecule has 2 saturated carbocycles. The molecule has 4 aliphatic rings. The van der Waals surface area contributed by atoms with Crippen LogP contribution in [0.4, 0.5) is 13.6 Å². The average molecular weight is 643 g/mol. The van der Waals surface area contributed by atoms with Gasteiger partial charge in [-0.3, -0.25) is 4.79 Å². The summed E-state index contributed by atoms with van der Waals surface area (Å²) >= 11 is 0. The summed E-state index contributed by atoms with van der Waals surface area (Å²) in [4.78, 5) is 50.5. The zero-order chi connectivity index (χ0) is 32.6. The Bertz CT molecular complexity index is 1470. The molecule has 0 spiro atoms. The highest BCUT2D eigenvalue weighted by molar-refractivity contribution is 5.88. The Labute approximate surface area is 267 Å². The number of aromatic nitrogens is 2. The monoisotopic (exact) mass is 642 g/mol. The van der Waals surface area contributed by atoms with Gasteiger partial charge in [-0.15, -0.1) is 0 Å². The van der Waals surface area contributed by atoms with Crippen LogP contribution in [0.25, 0.3) is 11.0 Å². The molecule has 3 fully saturated rings. The van der Waals surface area contributed by atoms with E-state index in [0.717, 1.165) is 38.4 Å². The highest BCUT2D eigenvalue weighted by atomic mass is 19.3. The molecule has 10 nitrogen and oxygen atoms in total. The molecule has 3 heterocycles. The molecule has 6 rings (SSSR count). The molecule has 0 radical (unpaired) electrons. The van der Waals surface area contributed by atoms with Crippen LogP contribution in [-0.2, 0) is 20.2 Å². The minimum absolute atomic E-state index is 0.0245. The number of carbonyl (C=O) groups is 3. The van der Waals surface area contributed by atoms with E-state index in [1.54, 1.807) is 18.2 Å². The first-order valence-corrected chi connectivity index (χ1v) is 16.7. The number of halogens is 2. The number of hydrogen-bond donors (Lipinski definition) is 1. The molecule has 0 unspecified atom stereocenters. The van der Waals surface area contributed by atoms with Crippen molar-refractivity contribution in [1.82, 2.24) is 20.2 Å². The minimum Gasteiger partial charge on any atom is -0.497 e. The molecule has 2 amide bonds. The highest BCUT2D eigenvalue weighted by Crippen LogP contribution is 2.50. The van der Waals surface area contributed by atoms with Crippen LogP contribution in [0.15, 0.2) is 18.2 Å². The zero-order valence-electron chi connectivity index (χ0n) is 26.8. The van der Waals surface area contributed by atoms with Crippen molar-refractivity contribution in [3.8, 4) is 11.6 Å². The maximum absolute atomic E-state index is 16.0. The quantitative estimate of drug-likeness (QED) is 0.407. The summed E-state index contributed by atoms with van der Waals surface area (Å²) in [5, 5.41) is 2.90. The number of fused-ring (bicyclic) bond motifs is 5. The van der Waals surface area contributed by atoms with Gasteiger partial charge in [0.25, 0.3) is 5.92 Å². The molecule has 2 aliphatic carbocycles. The molecule has 250 valence electrons. The van der Waals surface area contributed by atoms with Crippen molar-refractivity contribution < 1.29 is 37.4 Å². The van der Waals surface area contributed by atoms with E-state index in [9.17, 15) is 14.4 Å². The first-order chi connectivity index (χ1) is 22.1. The minimum atomic E-state index is -3.35. The van der Waals surface area contributed by atoms with E-state index in [4.69, 9.17) is 14.2 Å². The first-order valence-electron chi connectivity index (χ1n) is 16.7.